The van der Waals surface area contributed by atoms with E-state index in [0.717, 1.165) is 44.5 Å². The lowest BCUT2D eigenvalue weighted by molar-refractivity contribution is -0.141. The average Bonchev–Trinajstić information content (AvgIpc) is 3.60. The van der Waals surface area contributed by atoms with Gasteiger partial charge in [0.25, 0.3) is 0 Å². The maximum Gasteiger partial charge on any atom is 0.434 e. The minimum absolute atomic E-state index is 0.0459. The molecule has 1 saturated heterocycles. The van der Waals surface area contributed by atoms with Crippen molar-refractivity contribution in [3.63, 3.8) is 0 Å². The topological polar surface area (TPSA) is 76.4 Å². The molecule has 6 rings (SSSR count). The van der Waals surface area contributed by atoms with Gasteiger partial charge in [0.05, 0.1) is 37.0 Å². The normalized spacial score (nSPS) is 20.9. The van der Waals surface area contributed by atoms with Gasteiger partial charge in [-0.1, -0.05) is 17.7 Å². The second kappa shape index (κ2) is 11.7. The van der Waals surface area contributed by atoms with E-state index in [4.69, 9.17) is 16.3 Å². The number of imidazole rings is 1. The number of piperidine rings is 1. The van der Waals surface area contributed by atoms with Gasteiger partial charge in [0, 0.05) is 38.4 Å². The summed E-state index contributed by atoms with van der Waals surface area (Å²) >= 11 is 5.89. The van der Waals surface area contributed by atoms with E-state index < -0.39 is 17.7 Å². The van der Waals surface area contributed by atoms with E-state index in [2.05, 4.69) is 19.9 Å². The number of hydrogen-bond acceptors (Lipinski definition) is 6. The number of rotatable bonds is 8. The van der Waals surface area contributed by atoms with Crippen molar-refractivity contribution < 1.29 is 27.1 Å². The second-order valence-electron chi connectivity index (χ2n) is 11.3. The molecule has 3 aromatic rings. The minimum Gasteiger partial charge on any atom is -0.493 e. The van der Waals surface area contributed by atoms with Crippen molar-refractivity contribution in [3.05, 3.63) is 64.7 Å². The van der Waals surface area contributed by atoms with Gasteiger partial charge in [0.1, 0.15) is 17.4 Å². The Morgan fingerprint density at radius 2 is 1.86 bits per heavy atom. The summed E-state index contributed by atoms with van der Waals surface area (Å²) in [6.45, 7) is 2.76. The number of fused-ring (bicyclic) bond motifs is 1. The molecule has 1 unspecified atom stereocenters. The Labute approximate surface area is 245 Å². The molecule has 0 N–H and O–H groups in total. The largest absolute Gasteiger partial charge is 0.493 e. The van der Waals surface area contributed by atoms with E-state index in [-0.39, 0.29) is 43.4 Å². The number of alkyl halides is 3. The van der Waals surface area contributed by atoms with Gasteiger partial charge >= 0.3 is 6.18 Å². The first kappa shape index (κ1) is 28.7. The molecule has 1 aromatic carbocycles. The summed E-state index contributed by atoms with van der Waals surface area (Å²) in [4.78, 5) is 28.7. The van der Waals surface area contributed by atoms with Gasteiger partial charge in [-0.05, 0) is 55.1 Å². The molecule has 2 aliphatic heterocycles. The molecule has 3 aliphatic rings. The predicted octanol–water partition coefficient (Wildman–Crippen LogP) is 5.39. The van der Waals surface area contributed by atoms with Crippen molar-refractivity contribution in [2.45, 2.75) is 51.4 Å². The van der Waals surface area contributed by atoms with Gasteiger partial charge in [0.2, 0.25) is 11.9 Å². The smallest absolute Gasteiger partial charge is 0.434 e. The van der Waals surface area contributed by atoms with Crippen molar-refractivity contribution in [2.75, 3.05) is 31.1 Å². The molecule has 42 heavy (non-hydrogen) atoms. The van der Waals surface area contributed by atoms with Gasteiger partial charge in [-0.25, -0.2) is 19.3 Å². The molecular weight excluding hydrogens is 576 g/mol. The number of halogens is 5. The van der Waals surface area contributed by atoms with E-state index in [1.807, 2.05) is 0 Å². The number of carbonyl (C=O) groups is 1. The summed E-state index contributed by atoms with van der Waals surface area (Å²) in [6.07, 6.45) is 3.79. The van der Waals surface area contributed by atoms with Crippen molar-refractivity contribution >= 4 is 23.5 Å². The van der Waals surface area contributed by atoms with Crippen LogP contribution in [0.3, 0.4) is 0 Å². The SMILES string of the molecule is O=C(Cc1ccc(OCC[C@@H]2CC2C2CCN(c3ncc(Cl)cn3)CC2)cc1F)N1CCn2cc(C(F)(F)F)nc2C1. The lowest BCUT2D eigenvalue weighted by Crippen LogP contribution is -2.39. The first-order chi connectivity index (χ1) is 20.1. The van der Waals surface area contributed by atoms with Gasteiger partial charge in [-0.2, -0.15) is 13.2 Å². The zero-order valence-electron chi connectivity index (χ0n) is 22.9. The molecule has 1 amide bonds. The van der Waals surface area contributed by atoms with Crippen LogP contribution in [0.15, 0.2) is 36.8 Å². The summed E-state index contributed by atoms with van der Waals surface area (Å²) in [5, 5.41) is 0.531. The highest BCUT2D eigenvalue weighted by Crippen LogP contribution is 2.50. The fourth-order valence-electron chi connectivity index (χ4n) is 6.14. The third-order valence-electron chi connectivity index (χ3n) is 8.58. The maximum atomic E-state index is 14.8. The van der Waals surface area contributed by atoms with Gasteiger partial charge in [-0.3, -0.25) is 4.79 Å². The van der Waals surface area contributed by atoms with E-state index in [1.165, 1.54) is 28.0 Å². The van der Waals surface area contributed by atoms with Crippen molar-refractivity contribution in [2.24, 2.45) is 17.8 Å². The van der Waals surface area contributed by atoms with Crippen molar-refractivity contribution in [1.29, 1.82) is 0 Å². The number of hydrogen-bond donors (Lipinski definition) is 0. The third-order valence-corrected chi connectivity index (χ3v) is 8.78. The van der Waals surface area contributed by atoms with Crippen molar-refractivity contribution in [1.82, 2.24) is 24.4 Å². The molecule has 8 nitrogen and oxygen atoms in total. The van der Waals surface area contributed by atoms with Gasteiger partial charge < -0.3 is 19.1 Å². The molecule has 224 valence electrons. The first-order valence-electron chi connectivity index (χ1n) is 14.2. The predicted molar refractivity (Wildman–Crippen MR) is 146 cm³/mol. The lowest BCUT2D eigenvalue weighted by atomic mass is 9.90. The maximum absolute atomic E-state index is 14.8. The van der Waals surface area contributed by atoms with Crippen LogP contribution in [0.25, 0.3) is 0 Å². The Morgan fingerprint density at radius 1 is 1.10 bits per heavy atom. The number of carbonyl (C=O) groups excluding carboxylic acids is 1. The molecular formula is C29H31ClF4N6O2. The third kappa shape index (κ3) is 6.48. The Morgan fingerprint density at radius 3 is 2.57 bits per heavy atom. The van der Waals surface area contributed by atoms with E-state index in [1.54, 1.807) is 18.5 Å². The fourth-order valence-corrected chi connectivity index (χ4v) is 6.24. The zero-order chi connectivity index (χ0) is 29.4. The summed E-state index contributed by atoms with van der Waals surface area (Å²) in [6, 6.07) is 4.48. The van der Waals surface area contributed by atoms with Crippen LogP contribution in [0.1, 0.15) is 42.8 Å². The lowest BCUT2D eigenvalue weighted by Gasteiger charge is -2.32. The zero-order valence-corrected chi connectivity index (χ0v) is 23.6. The molecule has 0 spiro atoms. The van der Waals surface area contributed by atoms with Gasteiger partial charge in [0.15, 0.2) is 5.69 Å². The second-order valence-corrected chi connectivity index (χ2v) is 11.7. The highest BCUT2D eigenvalue weighted by Gasteiger charge is 2.43. The Hall–Kier alpha value is -3.41. The molecule has 2 aromatic heterocycles. The standard InChI is InChI=1S/C29H31ClF4N6O2/c30-21-14-35-28(36-15-21)38-6-3-18(4-7-38)23-11-19(23)5-10-42-22-2-1-20(24(31)13-22)12-27(41)40-9-8-39-16-25(29(32,33)34)37-26(39)17-40/h1-2,13-16,18-19,23H,3-12,17H2/t19-,23?/m1/s1. The Kier molecular flexibility index (Phi) is 7.99. The van der Waals surface area contributed by atoms with Crippen LogP contribution in [0.4, 0.5) is 23.5 Å². The monoisotopic (exact) mass is 606 g/mol. The number of ether oxygens (including phenoxy) is 1. The molecule has 0 radical (unpaired) electrons. The molecule has 4 heterocycles. The van der Waals surface area contributed by atoms with E-state index in [9.17, 15) is 22.4 Å². The quantitative estimate of drug-likeness (QED) is 0.320. The molecule has 1 saturated carbocycles. The molecule has 13 heteroatoms. The number of aromatic nitrogens is 4. The summed E-state index contributed by atoms with van der Waals surface area (Å²) in [7, 11) is 0. The minimum atomic E-state index is -4.54. The highest BCUT2D eigenvalue weighted by atomic mass is 35.5. The van der Waals surface area contributed by atoms with Crippen LogP contribution in [0.5, 0.6) is 5.75 Å². The Bertz CT molecular complexity index is 1420. The molecule has 1 aliphatic carbocycles. The van der Waals surface area contributed by atoms with Crippen LogP contribution >= 0.6 is 11.6 Å². The number of benzene rings is 1. The van der Waals surface area contributed by atoms with Gasteiger partial charge in [-0.15, -0.1) is 0 Å². The van der Waals surface area contributed by atoms with Crippen LogP contribution in [0.2, 0.25) is 5.02 Å². The number of nitrogens with zero attached hydrogens (tertiary/aromatic N) is 6. The van der Waals surface area contributed by atoms with Crippen LogP contribution in [-0.4, -0.2) is 56.6 Å². The summed E-state index contributed by atoms with van der Waals surface area (Å²) < 4.78 is 60.9. The highest BCUT2D eigenvalue weighted by molar-refractivity contribution is 6.30. The number of anilines is 1. The molecule has 2 atom stereocenters. The fraction of sp³-hybridized carbons (Fsp3) is 0.517. The summed E-state index contributed by atoms with van der Waals surface area (Å²) in [5.74, 6) is 2.39. The van der Waals surface area contributed by atoms with Crippen molar-refractivity contribution in [3.8, 4) is 5.75 Å². The van der Waals surface area contributed by atoms with E-state index >= 15 is 0 Å². The average molecular weight is 607 g/mol. The molecule has 0 bridgehead atoms. The Balaban J connectivity index is 0.929. The number of amides is 1. The summed E-state index contributed by atoms with van der Waals surface area (Å²) in [5.41, 5.74) is -0.758. The molecule has 2 fully saturated rings. The first-order valence-corrected chi connectivity index (χ1v) is 14.6. The van der Waals surface area contributed by atoms with Crippen LogP contribution in [0, 0.1) is 23.6 Å². The van der Waals surface area contributed by atoms with Crippen LogP contribution < -0.4 is 9.64 Å². The van der Waals surface area contributed by atoms with E-state index in [0.29, 0.717) is 35.1 Å². The van der Waals surface area contributed by atoms with Crippen LogP contribution in [-0.2, 0) is 30.5 Å².